The maximum Gasteiger partial charge on any atom is 0.146 e. The van der Waals surface area contributed by atoms with E-state index in [0.29, 0.717) is 29.7 Å². The van der Waals surface area contributed by atoms with E-state index in [1.807, 2.05) is 32.0 Å². The number of benzene rings is 1. The molecule has 0 amide bonds. The summed E-state index contributed by atoms with van der Waals surface area (Å²) in [4.78, 5) is 0. The van der Waals surface area contributed by atoms with Gasteiger partial charge in [-0.3, -0.25) is 0 Å². The van der Waals surface area contributed by atoms with Gasteiger partial charge >= 0.3 is 0 Å². The van der Waals surface area contributed by atoms with Crippen LogP contribution in [0.25, 0.3) is 0 Å². The van der Waals surface area contributed by atoms with Gasteiger partial charge in [0.25, 0.3) is 0 Å². The third-order valence-corrected chi connectivity index (χ3v) is 2.58. The molecule has 0 aliphatic carbocycles. The average molecular weight is 223 g/mol. The number of anilines is 1. The predicted octanol–water partition coefficient (Wildman–Crippen LogP) is 3.09. The van der Waals surface area contributed by atoms with Crippen LogP contribution in [-0.4, -0.2) is 12.7 Å². The van der Waals surface area contributed by atoms with Crippen LogP contribution in [0.2, 0.25) is 0 Å². The molecule has 0 fully saturated rings. The summed E-state index contributed by atoms with van der Waals surface area (Å²) in [6.07, 6.45) is 0.138. The van der Waals surface area contributed by atoms with Crippen molar-refractivity contribution in [3.8, 4) is 11.5 Å². The van der Waals surface area contributed by atoms with Gasteiger partial charge in [0.05, 0.1) is 12.7 Å². The summed E-state index contributed by atoms with van der Waals surface area (Å²) in [5.41, 5.74) is 6.55. The second-order valence-corrected chi connectivity index (χ2v) is 4.17. The molecule has 0 aromatic heterocycles. The fourth-order valence-electron chi connectivity index (χ4n) is 1.24. The van der Waals surface area contributed by atoms with Gasteiger partial charge in [-0.15, -0.1) is 0 Å². The quantitative estimate of drug-likeness (QED) is 0.780. The minimum Gasteiger partial charge on any atom is -0.492 e. The Morgan fingerprint density at radius 2 is 1.81 bits per heavy atom. The number of nitrogens with two attached hydrogens (primary N) is 1. The smallest absolute Gasteiger partial charge is 0.146 e. The molecule has 1 unspecified atom stereocenters. The topological polar surface area (TPSA) is 44.5 Å². The Morgan fingerprint density at radius 1 is 1.19 bits per heavy atom. The molecule has 0 aliphatic rings. The van der Waals surface area contributed by atoms with Gasteiger partial charge in [-0.25, -0.2) is 0 Å². The van der Waals surface area contributed by atoms with Gasteiger partial charge in [0.1, 0.15) is 17.2 Å². The Balaban J connectivity index is 2.84. The maximum atomic E-state index is 5.97. The van der Waals surface area contributed by atoms with Crippen molar-refractivity contribution in [2.24, 2.45) is 5.92 Å². The molecule has 0 saturated heterocycles. The highest BCUT2D eigenvalue weighted by molar-refractivity contribution is 5.62. The predicted molar refractivity (Wildman–Crippen MR) is 67.0 cm³/mol. The Morgan fingerprint density at radius 3 is 2.38 bits per heavy atom. The highest BCUT2D eigenvalue weighted by atomic mass is 16.5. The van der Waals surface area contributed by atoms with Crippen molar-refractivity contribution >= 4 is 5.69 Å². The molecule has 0 heterocycles. The fourth-order valence-corrected chi connectivity index (χ4v) is 1.24. The molecule has 0 aliphatic heterocycles. The molecule has 0 radical (unpaired) electrons. The van der Waals surface area contributed by atoms with Crippen LogP contribution >= 0.6 is 0 Å². The second-order valence-electron chi connectivity index (χ2n) is 4.17. The minimum atomic E-state index is 0.138. The first-order valence-electron chi connectivity index (χ1n) is 5.74. The van der Waals surface area contributed by atoms with Crippen LogP contribution in [0.4, 0.5) is 5.69 Å². The van der Waals surface area contributed by atoms with Crippen LogP contribution in [0.5, 0.6) is 11.5 Å². The highest BCUT2D eigenvalue weighted by Gasteiger charge is 2.12. The van der Waals surface area contributed by atoms with Crippen LogP contribution in [-0.2, 0) is 0 Å². The lowest BCUT2D eigenvalue weighted by Gasteiger charge is -2.20. The van der Waals surface area contributed by atoms with Crippen molar-refractivity contribution in [3.05, 3.63) is 18.2 Å². The van der Waals surface area contributed by atoms with E-state index in [4.69, 9.17) is 15.2 Å². The lowest BCUT2D eigenvalue weighted by atomic mass is 10.1. The Bertz CT molecular complexity index is 337. The zero-order valence-corrected chi connectivity index (χ0v) is 10.5. The fraction of sp³-hybridized carbons (Fsp3) is 0.538. The van der Waals surface area contributed by atoms with E-state index in [1.165, 1.54) is 0 Å². The molecular weight excluding hydrogens is 202 g/mol. The molecule has 2 N–H and O–H groups in total. The van der Waals surface area contributed by atoms with E-state index < -0.39 is 0 Å². The number of hydrogen-bond acceptors (Lipinski definition) is 3. The normalized spacial score (nSPS) is 12.6. The molecule has 0 spiro atoms. The highest BCUT2D eigenvalue weighted by Crippen LogP contribution is 2.32. The van der Waals surface area contributed by atoms with Crippen molar-refractivity contribution < 1.29 is 9.47 Å². The Hall–Kier alpha value is -1.38. The SMILES string of the molecule is CCOc1cccc(OC(C)C(C)C)c1N. The molecule has 3 heteroatoms. The first-order chi connectivity index (χ1) is 7.56. The van der Waals surface area contributed by atoms with Crippen LogP contribution in [0.3, 0.4) is 0 Å². The van der Waals surface area contributed by atoms with E-state index in [-0.39, 0.29) is 6.10 Å². The molecule has 1 aromatic carbocycles. The third kappa shape index (κ3) is 3.05. The lowest BCUT2D eigenvalue weighted by Crippen LogP contribution is -2.19. The number of hydrogen-bond donors (Lipinski definition) is 1. The molecule has 1 aromatic rings. The number of para-hydroxylation sites is 1. The van der Waals surface area contributed by atoms with Crippen molar-refractivity contribution in [2.45, 2.75) is 33.8 Å². The van der Waals surface area contributed by atoms with Gasteiger partial charge in [0.15, 0.2) is 0 Å². The van der Waals surface area contributed by atoms with E-state index in [2.05, 4.69) is 13.8 Å². The number of nitrogen functional groups attached to an aromatic ring is 1. The van der Waals surface area contributed by atoms with Crippen molar-refractivity contribution in [1.82, 2.24) is 0 Å². The van der Waals surface area contributed by atoms with Crippen molar-refractivity contribution in [1.29, 1.82) is 0 Å². The summed E-state index contributed by atoms with van der Waals surface area (Å²) in [5, 5.41) is 0. The second kappa shape index (κ2) is 5.64. The number of ether oxygens (including phenoxy) is 2. The van der Waals surface area contributed by atoms with Crippen LogP contribution in [0.1, 0.15) is 27.7 Å². The van der Waals surface area contributed by atoms with Crippen LogP contribution < -0.4 is 15.2 Å². The summed E-state index contributed by atoms with van der Waals surface area (Å²) in [6, 6.07) is 5.62. The summed E-state index contributed by atoms with van der Waals surface area (Å²) in [5.74, 6) is 1.85. The van der Waals surface area contributed by atoms with Gasteiger partial charge in [0, 0.05) is 0 Å². The van der Waals surface area contributed by atoms with E-state index in [0.717, 1.165) is 0 Å². The lowest BCUT2D eigenvalue weighted by molar-refractivity contribution is 0.171. The van der Waals surface area contributed by atoms with Crippen molar-refractivity contribution in [3.63, 3.8) is 0 Å². The number of rotatable bonds is 5. The molecule has 3 nitrogen and oxygen atoms in total. The Labute approximate surface area is 97.6 Å². The average Bonchev–Trinajstić information content (AvgIpc) is 2.24. The molecular formula is C13H21NO2. The van der Waals surface area contributed by atoms with Crippen molar-refractivity contribution in [2.75, 3.05) is 12.3 Å². The summed E-state index contributed by atoms with van der Waals surface area (Å²) >= 11 is 0. The zero-order valence-electron chi connectivity index (χ0n) is 10.5. The first kappa shape index (κ1) is 12.7. The van der Waals surface area contributed by atoms with Gasteiger partial charge in [0.2, 0.25) is 0 Å². The molecule has 16 heavy (non-hydrogen) atoms. The van der Waals surface area contributed by atoms with Crippen LogP contribution in [0.15, 0.2) is 18.2 Å². The molecule has 1 atom stereocenters. The Kier molecular flexibility index (Phi) is 4.47. The van der Waals surface area contributed by atoms with Gasteiger partial charge in [-0.2, -0.15) is 0 Å². The largest absolute Gasteiger partial charge is 0.492 e. The molecule has 1 rings (SSSR count). The minimum absolute atomic E-state index is 0.138. The molecule has 0 saturated carbocycles. The van der Waals surface area contributed by atoms with E-state index in [1.54, 1.807) is 0 Å². The third-order valence-electron chi connectivity index (χ3n) is 2.58. The summed E-state index contributed by atoms with van der Waals surface area (Å²) in [7, 11) is 0. The monoisotopic (exact) mass is 223 g/mol. The van der Waals surface area contributed by atoms with E-state index >= 15 is 0 Å². The van der Waals surface area contributed by atoms with Gasteiger partial charge < -0.3 is 15.2 Å². The zero-order chi connectivity index (χ0) is 12.1. The summed E-state index contributed by atoms with van der Waals surface area (Å²) in [6.45, 7) is 8.81. The molecule has 0 bridgehead atoms. The maximum absolute atomic E-state index is 5.97. The van der Waals surface area contributed by atoms with E-state index in [9.17, 15) is 0 Å². The van der Waals surface area contributed by atoms with Gasteiger partial charge in [-0.1, -0.05) is 19.9 Å². The van der Waals surface area contributed by atoms with Gasteiger partial charge in [-0.05, 0) is 31.9 Å². The summed E-state index contributed by atoms with van der Waals surface area (Å²) < 4.78 is 11.2. The van der Waals surface area contributed by atoms with Crippen LogP contribution in [0, 0.1) is 5.92 Å². The standard InChI is InChI=1S/C13H21NO2/c1-5-15-11-7-6-8-12(13(11)14)16-10(4)9(2)3/h6-10H,5,14H2,1-4H3. The first-order valence-corrected chi connectivity index (χ1v) is 5.74. The molecule has 90 valence electrons.